The molecule has 2 rings (SSSR count). The molecule has 0 aliphatic heterocycles. The first-order valence-corrected chi connectivity index (χ1v) is 9.01. The van der Waals surface area contributed by atoms with Crippen LogP contribution in [0, 0.1) is 0 Å². The van der Waals surface area contributed by atoms with Gasteiger partial charge in [-0.15, -0.1) is 0 Å². The van der Waals surface area contributed by atoms with Crippen LogP contribution in [-0.4, -0.2) is 32.3 Å². The zero-order valence-corrected chi connectivity index (χ0v) is 14.2. The van der Waals surface area contributed by atoms with Crippen molar-refractivity contribution >= 4 is 25.3 Å². The summed E-state index contributed by atoms with van der Waals surface area (Å²) in [7, 11) is 0. The summed E-state index contributed by atoms with van der Waals surface area (Å²) in [4.78, 5) is 14.3. The van der Waals surface area contributed by atoms with Crippen molar-refractivity contribution < 1.29 is 4.79 Å². The summed E-state index contributed by atoms with van der Waals surface area (Å²) in [5.74, 6) is 0.148. The third-order valence-corrected chi connectivity index (χ3v) is 5.52. The van der Waals surface area contributed by atoms with Crippen molar-refractivity contribution in [2.75, 3.05) is 6.54 Å². The fourth-order valence-electron chi connectivity index (χ4n) is 2.19. The van der Waals surface area contributed by atoms with Gasteiger partial charge in [-0.05, 0) is 0 Å². The monoisotopic (exact) mass is 347 g/mol. The van der Waals surface area contributed by atoms with Crippen molar-refractivity contribution in [2.45, 2.75) is 25.2 Å². The maximum atomic E-state index is 11.9. The number of hydrogen-bond donors (Lipinski definition) is 0. The molecule has 0 aliphatic carbocycles. The second-order valence-corrected chi connectivity index (χ2v) is 8.30. The molecule has 0 fully saturated rings. The Hall–Kier alpha value is -1.57. The molecule has 0 bridgehead atoms. The number of hydrogen-bond acceptors (Lipinski definition) is 1. The Morgan fingerprint density at radius 1 is 1.05 bits per heavy atom. The maximum absolute atomic E-state index is 11.9. The Morgan fingerprint density at radius 2 is 1.62 bits per heavy atom. The number of nitrogens with zero attached hydrogens (tertiary/aromatic N) is 1. The van der Waals surface area contributed by atoms with Crippen LogP contribution in [0.15, 0.2) is 60.7 Å². The molecular weight excluding hydrogens is 325 g/mol. The van der Waals surface area contributed by atoms with Crippen molar-refractivity contribution in [3.8, 4) is 0 Å². The Balaban J connectivity index is 1.95. The van der Waals surface area contributed by atoms with E-state index >= 15 is 0 Å². The van der Waals surface area contributed by atoms with Gasteiger partial charge in [-0.1, -0.05) is 0 Å². The normalized spacial score (nSPS) is 11.9. The first kappa shape index (κ1) is 15.8. The van der Waals surface area contributed by atoms with E-state index in [2.05, 4.69) is 43.3 Å². The molecule has 0 spiro atoms. The third kappa shape index (κ3) is 5.37. The number of amides is 1. The molecule has 1 amide bonds. The third-order valence-electron chi connectivity index (χ3n) is 3.22. The van der Waals surface area contributed by atoms with Gasteiger partial charge in [0.05, 0.1) is 0 Å². The Labute approximate surface area is 133 Å². The topological polar surface area (TPSA) is 20.3 Å². The van der Waals surface area contributed by atoms with Crippen LogP contribution in [0.3, 0.4) is 0 Å². The predicted molar refractivity (Wildman–Crippen MR) is 88.8 cm³/mol. The molecule has 0 aromatic heterocycles. The minimum absolute atomic E-state index is 0.148. The molecule has 2 aromatic carbocycles. The van der Waals surface area contributed by atoms with E-state index in [-0.39, 0.29) is 5.91 Å². The van der Waals surface area contributed by atoms with Crippen molar-refractivity contribution in [2.24, 2.45) is 0 Å². The molecule has 110 valence electrons. The van der Waals surface area contributed by atoms with Crippen LogP contribution in [0.2, 0.25) is 4.82 Å². The van der Waals surface area contributed by atoms with E-state index in [9.17, 15) is 4.79 Å². The molecular formula is C18H21NOSe. The molecule has 0 N–H and O–H groups in total. The molecule has 2 nitrogen and oxygen atoms in total. The first-order chi connectivity index (χ1) is 10.1. The fourth-order valence-corrected chi connectivity index (χ4v) is 4.36. The van der Waals surface area contributed by atoms with Crippen LogP contribution in [0.5, 0.6) is 0 Å². The van der Waals surface area contributed by atoms with E-state index in [1.165, 1.54) is 10.0 Å². The second kappa shape index (κ2) is 8.02. The molecule has 0 heterocycles. The van der Waals surface area contributed by atoms with E-state index in [0.29, 0.717) is 26.3 Å². The summed E-state index contributed by atoms with van der Waals surface area (Å²) in [6, 6.07) is 20.7. The van der Waals surface area contributed by atoms with Gasteiger partial charge in [-0.25, -0.2) is 0 Å². The van der Waals surface area contributed by atoms with E-state index in [1.54, 1.807) is 6.92 Å². The Morgan fingerprint density at radius 3 is 2.19 bits per heavy atom. The summed E-state index contributed by atoms with van der Waals surface area (Å²) >= 11 is 0.394. The van der Waals surface area contributed by atoms with Gasteiger partial charge in [0.2, 0.25) is 0 Å². The summed E-state index contributed by atoms with van der Waals surface area (Å²) < 4.78 is 1.39. The molecule has 0 saturated heterocycles. The van der Waals surface area contributed by atoms with Crippen LogP contribution in [-0.2, 0) is 11.3 Å². The molecule has 0 aliphatic rings. The molecule has 1 atom stereocenters. The standard InChI is InChI=1S/C18H21NOSe/c1-15(21-18-11-7-4-8-12-18)13-19(16(2)20)14-17-9-5-3-6-10-17/h3-12,15H,13-14H2,1-2H3. The van der Waals surface area contributed by atoms with Crippen LogP contribution in [0.1, 0.15) is 19.4 Å². The fraction of sp³-hybridized carbons (Fsp3) is 0.278. The molecule has 0 radical (unpaired) electrons. The quantitative estimate of drug-likeness (QED) is 0.737. The van der Waals surface area contributed by atoms with Gasteiger partial charge < -0.3 is 0 Å². The van der Waals surface area contributed by atoms with Gasteiger partial charge >= 0.3 is 133 Å². The number of benzene rings is 2. The molecule has 3 heteroatoms. The average Bonchev–Trinajstić information content (AvgIpc) is 2.48. The zero-order chi connectivity index (χ0) is 15.1. The second-order valence-electron chi connectivity index (χ2n) is 5.13. The summed E-state index contributed by atoms with van der Waals surface area (Å²) in [6.45, 7) is 5.41. The van der Waals surface area contributed by atoms with E-state index < -0.39 is 0 Å². The Kier molecular flexibility index (Phi) is 6.03. The van der Waals surface area contributed by atoms with Crippen LogP contribution >= 0.6 is 0 Å². The Bertz CT molecular complexity index is 556. The van der Waals surface area contributed by atoms with Gasteiger partial charge in [0.1, 0.15) is 0 Å². The number of rotatable bonds is 6. The van der Waals surface area contributed by atoms with Gasteiger partial charge in [0.15, 0.2) is 0 Å². The van der Waals surface area contributed by atoms with Gasteiger partial charge in [-0.2, -0.15) is 0 Å². The number of carbonyl (C=O) groups is 1. The molecule has 1 unspecified atom stereocenters. The van der Waals surface area contributed by atoms with Crippen molar-refractivity contribution in [1.29, 1.82) is 0 Å². The van der Waals surface area contributed by atoms with Gasteiger partial charge in [0.25, 0.3) is 0 Å². The summed E-state index contributed by atoms with van der Waals surface area (Å²) in [5.41, 5.74) is 1.19. The first-order valence-electron chi connectivity index (χ1n) is 7.16. The van der Waals surface area contributed by atoms with Crippen molar-refractivity contribution in [3.63, 3.8) is 0 Å². The van der Waals surface area contributed by atoms with E-state index in [1.807, 2.05) is 29.2 Å². The van der Waals surface area contributed by atoms with Crippen molar-refractivity contribution in [1.82, 2.24) is 4.90 Å². The van der Waals surface area contributed by atoms with Crippen LogP contribution in [0.4, 0.5) is 0 Å². The van der Waals surface area contributed by atoms with Crippen molar-refractivity contribution in [3.05, 3.63) is 66.2 Å². The SMILES string of the molecule is CC(=O)N(Cc1ccccc1)CC(C)[Se]c1ccccc1. The number of carbonyl (C=O) groups excluding carboxylic acids is 1. The van der Waals surface area contributed by atoms with E-state index in [4.69, 9.17) is 0 Å². The summed E-state index contributed by atoms with van der Waals surface area (Å²) in [5, 5.41) is 0. The van der Waals surface area contributed by atoms with Crippen LogP contribution in [0.25, 0.3) is 0 Å². The minimum atomic E-state index is 0.148. The molecule has 0 saturated carbocycles. The molecule has 21 heavy (non-hydrogen) atoms. The van der Waals surface area contributed by atoms with Crippen LogP contribution < -0.4 is 4.46 Å². The van der Waals surface area contributed by atoms with Gasteiger partial charge in [-0.3, -0.25) is 0 Å². The van der Waals surface area contributed by atoms with E-state index in [0.717, 1.165) is 6.54 Å². The van der Waals surface area contributed by atoms with Gasteiger partial charge in [0, 0.05) is 0 Å². The molecule has 2 aromatic rings. The zero-order valence-electron chi connectivity index (χ0n) is 12.5. The predicted octanol–water partition coefficient (Wildman–Crippen LogP) is 2.87. The summed E-state index contributed by atoms with van der Waals surface area (Å²) in [6.07, 6.45) is 0. The average molecular weight is 346 g/mol.